The second-order valence-electron chi connectivity index (χ2n) is 16.0. The first-order chi connectivity index (χ1) is 26.8. The number of ether oxygens (including phenoxy) is 3. The van der Waals surface area contributed by atoms with Gasteiger partial charge in [0.25, 0.3) is 0 Å². The number of fused-ring (bicyclic) bond motifs is 1. The molecule has 3 amide bonds. The predicted octanol–water partition coefficient (Wildman–Crippen LogP) is 8.03. The van der Waals surface area contributed by atoms with Crippen LogP contribution in [-0.4, -0.2) is 92.9 Å². The third-order valence-corrected chi connectivity index (χ3v) is 10.7. The third-order valence-electron chi connectivity index (χ3n) is 10.7. The van der Waals surface area contributed by atoms with Gasteiger partial charge in [0, 0.05) is 32.2 Å². The summed E-state index contributed by atoms with van der Waals surface area (Å²) in [5.74, 6) is 1.09. The van der Waals surface area contributed by atoms with Gasteiger partial charge in [0.05, 0.1) is 49.1 Å². The molecule has 0 radical (unpaired) electrons. The van der Waals surface area contributed by atoms with Crippen molar-refractivity contribution >= 4 is 28.9 Å². The van der Waals surface area contributed by atoms with Crippen LogP contribution in [0.3, 0.4) is 0 Å². The van der Waals surface area contributed by atoms with Crippen LogP contribution in [-0.2, 0) is 19.0 Å². The summed E-state index contributed by atoms with van der Waals surface area (Å²) in [5, 5.41) is 4.92. The van der Waals surface area contributed by atoms with Gasteiger partial charge >= 0.3 is 12.2 Å². The summed E-state index contributed by atoms with van der Waals surface area (Å²) in [5.41, 5.74) is 5.36. The van der Waals surface area contributed by atoms with Gasteiger partial charge in [-0.25, -0.2) is 19.6 Å². The second-order valence-corrected chi connectivity index (χ2v) is 16.0. The zero-order valence-corrected chi connectivity index (χ0v) is 33.1. The van der Waals surface area contributed by atoms with Crippen LogP contribution in [0.1, 0.15) is 77.6 Å². The molecular weight excluding hydrogens is 711 g/mol. The molecule has 0 spiro atoms. The first-order valence-electron chi connectivity index (χ1n) is 19.2. The highest BCUT2D eigenvalue weighted by molar-refractivity contribution is 5.91. The van der Waals surface area contributed by atoms with Crippen molar-refractivity contribution in [1.29, 1.82) is 0 Å². The van der Waals surface area contributed by atoms with E-state index in [1.165, 1.54) is 7.11 Å². The molecule has 3 aromatic carbocycles. The molecule has 0 saturated carbocycles. The summed E-state index contributed by atoms with van der Waals surface area (Å²) in [6.45, 7) is 10.5. The van der Waals surface area contributed by atoms with Crippen LogP contribution in [0.25, 0.3) is 44.4 Å². The number of carbonyl (C=O) groups excluding carboxylic acids is 3. The number of alkyl carbamates (subject to hydrolysis) is 1. The van der Waals surface area contributed by atoms with Crippen molar-refractivity contribution in [3.05, 3.63) is 84.7 Å². The number of methoxy groups -OCH3 is 2. The molecule has 0 unspecified atom stereocenters. The summed E-state index contributed by atoms with van der Waals surface area (Å²) < 4.78 is 16.1. The number of aromatic amines is 2. The Hall–Kier alpha value is -5.69. The summed E-state index contributed by atoms with van der Waals surface area (Å²) in [6.07, 6.45) is 4.85. The van der Waals surface area contributed by atoms with Crippen LogP contribution in [0, 0.1) is 5.92 Å². The Bertz CT molecular complexity index is 2200. The van der Waals surface area contributed by atoms with Gasteiger partial charge in [-0.2, -0.15) is 0 Å². The number of carbonyl (C=O) groups is 3. The first-order valence-corrected chi connectivity index (χ1v) is 19.2. The molecule has 13 nitrogen and oxygen atoms in total. The Balaban J connectivity index is 1.04. The Kier molecular flexibility index (Phi) is 10.9. The molecule has 13 heteroatoms. The largest absolute Gasteiger partial charge is 0.453 e. The number of nitrogens with one attached hydrogen (secondary N) is 3. The highest BCUT2D eigenvalue weighted by Gasteiger charge is 2.42. The Morgan fingerprint density at radius 2 is 1.39 bits per heavy atom. The van der Waals surface area contributed by atoms with E-state index in [0.717, 1.165) is 63.1 Å². The number of imidazole rings is 2. The molecule has 2 aromatic heterocycles. The van der Waals surface area contributed by atoms with E-state index in [1.807, 2.05) is 40.8 Å². The minimum atomic E-state index is -0.745. The molecule has 0 aliphatic carbocycles. The SMILES string of the molecule is COC(=O)N[C@H](C(=O)N1C[C@@H](OC)C[C@H]1c1ncc(-c2ccc(-c3ccc4cc(-c5cnc([C@@H]6CCCN6C(=O)OC(C)(C)C)[nH]5)ccc4c3)cc2)[nH]1)C(C)C. The number of rotatable bonds is 9. The van der Waals surface area contributed by atoms with Crippen LogP contribution < -0.4 is 5.32 Å². The van der Waals surface area contributed by atoms with E-state index >= 15 is 0 Å². The molecule has 4 heterocycles. The summed E-state index contributed by atoms with van der Waals surface area (Å²) in [4.78, 5) is 58.5. The number of aromatic nitrogens is 4. The summed E-state index contributed by atoms with van der Waals surface area (Å²) in [6, 6.07) is 19.9. The quantitative estimate of drug-likeness (QED) is 0.136. The minimum absolute atomic E-state index is 0.138. The Morgan fingerprint density at radius 3 is 2.02 bits per heavy atom. The smallest absolute Gasteiger partial charge is 0.410 e. The van der Waals surface area contributed by atoms with Gasteiger partial charge in [-0.1, -0.05) is 62.4 Å². The van der Waals surface area contributed by atoms with Gasteiger partial charge in [-0.05, 0) is 79.1 Å². The third kappa shape index (κ3) is 8.13. The lowest BCUT2D eigenvalue weighted by Gasteiger charge is -2.29. The van der Waals surface area contributed by atoms with Crippen molar-refractivity contribution in [2.75, 3.05) is 27.3 Å². The van der Waals surface area contributed by atoms with Gasteiger partial charge in [-0.3, -0.25) is 9.69 Å². The van der Waals surface area contributed by atoms with Crippen LogP contribution >= 0.6 is 0 Å². The molecule has 294 valence electrons. The van der Waals surface area contributed by atoms with Crippen molar-refractivity contribution in [3.8, 4) is 33.6 Å². The van der Waals surface area contributed by atoms with Gasteiger partial charge in [0.2, 0.25) is 5.91 Å². The van der Waals surface area contributed by atoms with E-state index in [1.54, 1.807) is 23.1 Å². The number of hydrogen-bond donors (Lipinski definition) is 3. The van der Waals surface area contributed by atoms with Gasteiger partial charge < -0.3 is 34.4 Å². The second kappa shape index (κ2) is 15.8. The average Bonchev–Trinajstić information content (AvgIpc) is 4.01. The first kappa shape index (κ1) is 38.6. The van der Waals surface area contributed by atoms with E-state index < -0.39 is 17.7 Å². The highest BCUT2D eigenvalue weighted by Crippen LogP contribution is 2.36. The monoisotopic (exact) mass is 761 g/mol. The maximum absolute atomic E-state index is 13.7. The highest BCUT2D eigenvalue weighted by atomic mass is 16.6. The van der Waals surface area contributed by atoms with Crippen molar-refractivity contribution in [2.45, 2.75) is 83.7 Å². The van der Waals surface area contributed by atoms with E-state index in [-0.39, 0.29) is 36.1 Å². The zero-order chi connectivity index (χ0) is 39.7. The van der Waals surface area contributed by atoms with Crippen molar-refractivity contribution in [3.63, 3.8) is 0 Å². The standard InChI is InChI=1S/C43H51N7O6/c1-25(2)37(48-41(52)55-7)40(51)50-24-32(54-6)21-36(50)39-45-22-33(46-39)27-12-10-26(11-13-27)28-14-15-30-20-31(17-16-29(30)19-28)34-23-44-38(47-34)35-9-8-18-49(35)42(53)56-43(3,4)5/h10-17,19-20,22-23,25,32,35-37H,8-9,18,21,24H2,1-7H3,(H,44,47)(H,45,46)(H,48,52)/t32-,35-,36-,37-/m0/s1. The lowest BCUT2D eigenvalue weighted by Crippen LogP contribution is -2.51. The van der Waals surface area contributed by atoms with Gasteiger partial charge in [0.15, 0.2) is 0 Å². The maximum Gasteiger partial charge on any atom is 0.410 e. The van der Waals surface area contributed by atoms with E-state index in [4.69, 9.17) is 19.2 Å². The summed E-state index contributed by atoms with van der Waals surface area (Å²) >= 11 is 0. The fourth-order valence-corrected chi connectivity index (χ4v) is 7.68. The van der Waals surface area contributed by atoms with E-state index in [0.29, 0.717) is 25.3 Å². The molecule has 2 saturated heterocycles. The Labute approximate surface area is 327 Å². The number of amides is 3. The maximum atomic E-state index is 13.7. The molecule has 2 fully saturated rings. The number of nitrogens with zero attached hydrogens (tertiary/aromatic N) is 4. The Morgan fingerprint density at radius 1 is 0.804 bits per heavy atom. The number of benzene rings is 3. The minimum Gasteiger partial charge on any atom is -0.453 e. The lowest BCUT2D eigenvalue weighted by atomic mass is 9.98. The van der Waals surface area contributed by atoms with Crippen LogP contribution in [0.4, 0.5) is 9.59 Å². The molecule has 2 aliphatic rings. The number of likely N-dealkylation sites (tertiary alicyclic amines) is 2. The van der Waals surface area contributed by atoms with Crippen LogP contribution in [0.15, 0.2) is 73.1 Å². The molecule has 5 aromatic rings. The molecule has 2 aliphatic heterocycles. The van der Waals surface area contributed by atoms with Crippen molar-refractivity contribution in [1.82, 2.24) is 35.1 Å². The van der Waals surface area contributed by atoms with Crippen LogP contribution in [0.5, 0.6) is 0 Å². The van der Waals surface area contributed by atoms with E-state index in [2.05, 4.69) is 80.9 Å². The fourth-order valence-electron chi connectivity index (χ4n) is 7.68. The zero-order valence-electron chi connectivity index (χ0n) is 33.1. The van der Waals surface area contributed by atoms with Crippen molar-refractivity contribution in [2.24, 2.45) is 5.92 Å². The molecule has 0 bridgehead atoms. The lowest BCUT2D eigenvalue weighted by molar-refractivity contribution is -0.135. The predicted molar refractivity (Wildman–Crippen MR) is 213 cm³/mol. The van der Waals surface area contributed by atoms with Gasteiger partial charge in [-0.15, -0.1) is 0 Å². The molecule has 7 rings (SSSR count). The van der Waals surface area contributed by atoms with E-state index in [9.17, 15) is 14.4 Å². The van der Waals surface area contributed by atoms with Gasteiger partial charge in [0.1, 0.15) is 23.3 Å². The van der Waals surface area contributed by atoms with Crippen LogP contribution in [0.2, 0.25) is 0 Å². The molecule has 3 N–H and O–H groups in total. The molecule has 4 atom stereocenters. The molecular formula is C43H51N7O6. The topological polar surface area (TPSA) is 155 Å². The summed E-state index contributed by atoms with van der Waals surface area (Å²) in [7, 11) is 2.92. The fraction of sp³-hybridized carbons (Fsp3) is 0.419. The molecule has 56 heavy (non-hydrogen) atoms. The normalized spacial score (nSPS) is 19.1. The number of H-pyrrole nitrogens is 2. The average molecular weight is 762 g/mol. The number of hydrogen-bond acceptors (Lipinski definition) is 8. The van der Waals surface area contributed by atoms with Crippen molar-refractivity contribution < 1.29 is 28.6 Å².